The summed E-state index contributed by atoms with van der Waals surface area (Å²) in [5.41, 5.74) is -0.471. The van der Waals surface area contributed by atoms with E-state index in [1.807, 2.05) is 25.7 Å². The van der Waals surface area contributed by atoms with Crippen molar-refractivity contribution in [2.45, 2.75) is 65.0 Å². The Kier molecular flexibility index (Phi) is 8.20. The van der Waals surface area contributed by atoms with Gasteiger partial charge in [0.1, 0.15) is 5.60 Å². The highest BCUT2D eigenvalue weighted by Crippen LogP contribution is 2.21. The number of rotatable bonds is 5. The van der Waals surface area contributed by atoms with E-state index in [9.17, 15) is 4.79 Å². The quantitative estimate of drug-likeness (QED) is 0.585. The molecular weight excluding hydrogens is 344 g/mol. The van der Waals surface area contributed by atoms with Gasteiger partial charge in [-0.3, -0.25) is 4.99 Å². The number of guanidine groups is 1. The minimum atomic E-state index is -0.471. The van der Waals surface area contributed by atoms with Crippen LogP contribution in [0.3, 0.4) is 0 Å². The van der Waals surface area contributed by atoms with Crippen molar-refractivity contribution < 1.29 is 14.3 Å². The average Bonchev–Trinajstić information content (AvgIpc) is 3.10. The Morgan fingerprint density at radius 1 is 1.33 bits per heavy atom. The van der Waals surface area contributed by atoms with Gasteiger partial charge in [-0.2, -0.15) is 0 Å². The van der Waals surface area contributed by atoms with Gasteiger partial charge in [0, 0.05) is 39.2 Å². The molecule has 27 heavy (non-hydrogen) atoms. The van der Waals surface area contributed by atoms with Crippen molar-refractivity contribution in [2.75, 3.05) is 46.4 Å². The Labute approximate surface area is 164 Å². The summed E-state index contributed by atoms with van der Waals surface area (Å²) in [5.74, 6) is 1.46. The minimum Gasteiger partial charge on any atom is -0.444 e. The smallest absolute Gasteiger partial charge is 0.410 e. The van der Waals surface area contributed by atoms with Crippen molar-refractivity contribution in [3.8, 4) is 0 Å². The predicted molar refractivity (Wildman–Crippen MR) is 108 cm³/mol. The molecule has 0 spiro atoms. The molecular formula is C20H38N4O3. The Morgan fingerprint density at radius 3 is 2.74 bits per heavy atom. The van der Waals surface area contributed by atoms with Crippen molar-refractivity contribution >= 4 is 12.1 Å². The first-order valence-corrected chi connectivity index (χ1v) is 10.4. The molecule has 0 aromatic heterocycles. The van der Waals surface area contributed by atoms with Crippen LogP contribution < -0.4 is 5.32 Å². The lowest BCUT2D eigenvalue weighted by Crippen LogP contribution is -2.48. The number of aliphatic imine (C=N–C) groups is 1. The van der Waals surface area contributed by atoms with Gasteiger partial charge < -0.3 is 24.6 Å². The van der Waals surface area contributed by atoms with E-state index in [2.05, 4.69) is 24.2 Å². The Bertz CT molecular complexity index is 498. The fraction of sp³-hybridized carbons (Fsp3) is 0.900. The van der Waals surface area contributed by atoms with E-state index in [1.54, 1.807) is 0 Å². The number of amides is 1. The molecule has 2 heterocycles. The maximum atomic E-state index is 12.6. The predicted octanol–water partition coefficient (Wildman–Crippen LogP) is 2.71. The van der Waals surface area contributed by atoms with Crippen LogP contribution >= 0.6 is 0 Å². The summed E-state index contributed by atoms with van der Waals surface area (Å²) in [6.45, 7) is 12.6. The normalized spacial score (nSPS) is 24.0. The first-order chi connectivity index (χ1) is 12.8. The first-order valence-electron chi connectivity index (χ1n) is 10.4. The van der Waals surface area contributed by atoms with Crippen molar-refractivity contribution in [3.05, 3.63) is 0 Å². The zero-order valence-electron chi connectivity index (χ0n) is 17.8. The van der Waals surface area contributed by atoms with Gasteiger partial charge >= 0.3 is 6.09 Å². The molecule has 0 radical (unpaired) electrons. The zero-order chi connectivity index (χ0) is 19.9. The second-order valence-electron chi connectivity index (χ2n) is 8.63. The van der Waals surface area contributed by atoms with Crippen molar-refractivity contribution in [2.24, 2.45) is 10.9 Å². The van der Waals surface area contributed by atoms with E-state index in [0.29, 0.717) is 12.5 Å². The molecule has 0 aromatic carbocycles. The average molecular weight is 383 g/mol. The third-order valence-electron chi connectivity index (χ3n) is 4.96. The van der Waals surface area contributed by atoms with Crippen LogP contribution in [0.5, 0.6) is 0 Å². The molecule has 0 aromatic rings. The molecule has 2 saturated heterocycles. The molecule has 2 fully saturated rings. The number of carbonyl (C=O) groups is 1. The Balaban J connectivity index is 1.99. The van der Waals surface area contributed by atoms with Gasteiger partial charge in [-0.15, -0.1) is 0 Å². The molecule has 0 saturated carbocycles. The van der Waals surface area contributed by atoms with Gasteiger partial charge in [0.2, 0.25) is 0 Å². The zero-order valence-corrected chi connectivity index (χ0v) is 17.8. The Hall–Kier alpha value is -1.50. The van der Waals surface area contributed by atoms with Gasteiger partial charge in [0.25, 0.3) is 0 Å². The van der Waals surface area contributed by atoms with Gasteiger partial charge in [0.05, 0.1) is 19.2 Å². The molecule has 1 amide bonds. The molecule has 7 nitrogen and oxygen atoms in total. The van der Waals surface area contributed by atoms with Gasteiger partial charge in [-0.05, 0) is 53.4 Å². The van der Waals surface area contributed by atoms with Crippen LogP contribution in [0.2, 0.25) is 0 Å². The third kappa shape index (κ3) is 7.20. The number of ether oxygens (including phenoxy) is 2. The van der Waals surface area contributed by atoms with E-state index >= 15 is 0 Å². The van der Waals surface area contributed by atoms with E-state index in [-0.39, 0.29) is 12.1 Å². The number of hydrogen-bond acceptors (Lipinski definition) is 4. The highest BCUT2D eigenvalue weighted by atomic mass is 16.6. The topological polar surface area (TPSA) is 66.4 Å². The fourth-order valence-corrected chi connectivity index (χ4v) is 3.61. The summed E-state index contributed by atoms with van der Waals surface area (Å²) < 4.78 is 11.1. The van der Waals surface area contributed by atoms with E-state index in [4.69, 9.17) is 14.5 Å². The lowest BCUT2D eigenvalue weighted by atomic mass is 10.0. The monoisotopic (exact) mass is 382 g/mol. The number of piperidine rings is 1. The molecule has 2 aliphatic heterocycles. The molecule has 2 unspecified atom stereocenters. The maximum absolute atomic E-state index is 12.6. The van der Waals surface area contributed by atoms with Crippen LogP contribution in [0.1, 0.15) is 53.4 Å². The van der Waals surface area contributed by atoms with Crippen molar-refractivity contribution in [3.63, 3.8) is 0 Å². The van der Waals surface area contributed by atoms with Crippen LogP contribution in [0.25, 0.3) is 0 Å². The summed E-state index contributed by atoms with van der Waals surface area (Å²) in [7, 11) is 2.08. The van der Waals surface area contributed by atoms with Crippen LogP contribution in [0.4, 0.5) is 4.79 Å². The van der Waals surface area contributed by atoms with Gasteiger partial charge in [0.15, 0.2) is 5.96 Å². The SMILES string of the molecule is CCNC(=NCC1CCCCN1C(=O)OC(C)(C)C)N(C)CC1CCOC1. The fourth-order valence-electron chi connectivity index (χ4n) is 3.61. The summed E-state index contributed by atoms with van der Waals surface area (Å²) in [4.78, 5) is 21.5. The molecule has 2 aliphatic rings. The van der Waals surface area contributed by atoms with Crippen LogP contribution in [-0.4, -0.2) is 79.9 Å². The molecule has 0 aliphatic carbocycles. The van der Waals surface area contributed by atoms with Crippen LogP contribution in [0, 0.1) is 5.92 Å². The van der Waals surface area contributed by atoms with Crippen molar-refractivity contribution in [1.82, 2.24) is 15.1 Å². The molecule has 7 heteroatoms. The molecule has 2 rings (SSSR count). The number of likely N-dealkylation sites (tertiary alicyclic amines) is 1. The lowest BCUT2D eigenvalue weighted by molar-refractivity contribution is 0.0109. The highest BCUT2D eigenvalue weighted by molar-refractivity contribution is 5.79. The van der Waals surface area contributed by atoms with Gasteiger partial charge in [-0.25, -0.2) is 4.79 Å². The number of carbonyl (C=O) groups excluding carboxylic acids is 1. The largest absolute Gasteiger partial charge is 0.444 e. The van der Waals surface area contributed by atoms with E-state index in [0.717, 1.165) is 64.5 Å². The van der Waals surface area contributed by atoms with Crippen LogP contribution in [0.15, 0.2) is 4.99 Å². The first kappa shape index (κ1) is 21.8. The minimum absolute atomic E-state index is 0.102. The lowest BCUT2D eigenvalue weighted by Gasteiger charge is -2.36. The number of nitrogens with zero attached hydrogens (tertiary/aromatic N) is 3. The van der Waals surface area contributed by atoms with Crippen LogP contribution in [-0.2, 0) is 9.47 Å². The molecule has 2 atom stereocenters. The second-order valence-corrected chi connectivity index (χ2v) is 8.63. The maximum Gasteiger partial charge on any atom is 0.410 e. The third-order valence-corrected chi connectivity index (χ3v) is 4.96. The standard InChI is InChI=1S/C20H38N4O3/c1-6-21-18(23(5)14-16-10-12-26-15-16)22-13-17-9-7-8-11-24(17)19(25)27-20(2,3)4/h16-17H,6-15H2,1-5H3,(H,21,22). The summed E-state index contributed by atoms with van der Waals surface area (Å²) in [6, 6.07) is 0.102. The molecule has 1 N–H and O–H groups in total. The van der Waals surface area contributed by atoms with E-state index < -0.39 is 5.60 Å². The summed E-state index contributed by atoms with van der Waals surface area (Å²) in [6.07, 6.45) is 4.02. The Morgan fingerprint density at radius 2 is 2.11 bits per heavy atom. The summed E-state index contributed by atoms with van der Waals surface area (Å²) >= 11 is 0. The van der Waals surface area contributed by atoms with E-state index in [1.165, 1.54) is 0 Å². The summed E-state index contributed by atoms with van der Waals surface area (Å²) in [5, 5.41) is 3.38. The molecule has 0 bridgehead atoms. The van der Waals surface area contributed by atoms with Gasteiger partial charge in [-0.1, -0.05) is 0 Å². The second kappa shape index (κ2) is 10.2. The van der Waals surface area contributed by atoms with Crippen molar-refractivity contribution in [1.29, 1.82) is 0 Å². The number of nitrogens with one attached hydrogen (secondary N) is 1. The number of hydrogen-bond donors (Lipinski definition) is 1. The molecule has 156 valence electrons. The highest BCUT2D eigenvalue weighted by Gasteiger charge is 2.30.